The van der Waals surface area contributed by atoms with Crippen molar-refractivity contribution < 1.29 is 29.5 Å². The molecule has 1 aliphatic carbocycles. The number of rotatable bonds is 5. The van der Waals surface area contributed by atoms with Gasteiger partial charge < -0.3 is 26.2 Å². The Kier molecular flexibility index (Phi) is 7.95. The van der Waals surface area contributed by atoms with Gasteiger partial charge in [-0.05, 0) is 48.6 Å². The number of non-ortho nitro benzene ring substituents is 1. The van der Waals surface area contributed by atoms with Crippen molar-refractivity contribution in [1.29, 1.82) is 0 Å². The molecule has 0 saturated carbocycles. The number of aromatic nitrogens is 1. The molecule has 1 aromatic heterocycles. The van der Waals surface area contributed by atoms with Crippen molar-refractivity contribution in [2.75, 3.05) is 5.32 Å². The van der Waals surface area contributed by atoms with E-state index in [2.05, 4.69) is 10.3 Å². The van der Waals surface area contributed by atoms with Crippen molar-refractivity contribution in [3.8, 4) is 0 Å². The lowest BCUT2D eigenvalue weighted by molar-refractivity contribution is -0.384. The van der Waals surface area contributed by atoms with Crippen LogP contribution in [0.1, 0.15) is 29.7 Å². The summed E-state index contributed by atoms with van der Waals surface area (Å²) in [7, 11) is 0. The lowest BCUT2D eigenvalue weighted by atomic mass is 9.92. The van der Waals surface area contributed by atoms with Crippen LogP contribution in [0.4, 0.5) is 11.4 Å². The first kappa shape index (κ1) is 25.1. The number of anilines is 1. The molecule has 4 rings (SSSR count). The lowest BCUT2D eigenvalue weighted by Crippen LogP contribution is -2.27. The molecule has 1 aliphatic rings. The minimum atomic E-state index is -1.82. The number of carboxylic acids is 2. The van der Waals surface area contributed by atoms with Gasteiger partial charge in [-0.2, -0.15) is 0 Å². The summed E-state index contributed by atoms with van der Waals surface area (Å²) < 4.78 is 0. The fourth-order valence-corrected chi connectivity index (χ4v) is 3.78. The minimum Gasteiger partial charge on any atom is -0.473 e. The summed E-state index contributed by atoms with van der Waals surface area (Å²) in [6.45, 7) is 0. The van der Waals surface area contributed by atoms with Crippen LogP contribution in [0.3, 0.4) is 0 Å². The van der Waals surface area contributed by atoms with E-state index in [4.69, 9.17) is 25.5 Å². The molecule has 1 heterocycles. The van der Waals surface area contributed by atoms with Gasteiger partial charge in [-0.1, -0.05) is 24.3 Å². The fourth-order valence-electron chi connectivity index (χ4n) is 3.78. The summed E-state index contributed by atoms with van der Waals surface area (Å²) >= 11 is 0. The van der Waals surface area contributed by atoms with E-state index in [1.165, 1.54) is 23.4 Å². The van der Waals surface area contributed by atoms with Gasteiger partial charge in [-0.3, -0.25) is 14.9 Å². The van der Waals surface area contributed by atoms with E-state index in [1.807, 2.05) is 18.2 Å². The average Bonchev–Trinajstić information content (AvgIpc) is 3.17. The number of hydrogen-bond donors (Lipinski definition) is 5. The van der Waals surface area contributed by atoms with Crippen LogP contribution in [0.25, 0.3) is 17.0 Å². The second-order valence-electron chi connectivity index (χ2n) is 7.96. The normalized spacial score (nSPS) is 14.6. The summed E-state index contributed by atoms with van der Waals surface area (Å²) in [6.07, 6.45) is 6.37. The van der Waals surface area contributed by atoms with E-state index in [-0.39, 0.29) is 24.1 Å². The number of nitrogens with two attached hydrogens (primary N) is 1. The number of aliphatic carboxylic acids is 2. The maximum atomic E-state index is 12.3. The summed E-state index contributed by atoms with van der Waals surface area (Å²) in [6, 6.07) is 12.3. The number of carboxylic acid groups (broad SMARTS) is 2. The molecule has 1 atom stereocenters. The molecule has 11 heteroatoms. The Morgan fingerprint density at radius 2 is 1.91 bits per heavy atom. The molecule has 182 valence electrons. The van der Waals surface area contributed by atoms with E-state index in [0.29, 0.717) is 5.56 Å². The first-order valence-corrected chi connectivity index (χ1v) is 10.7. The monoisotopic (exact) mass is 480 g/mol. The number of aryl methyl sites for hydroxylation is 1. The number of nitrogens with one attached hydrogen (secondary N) is 2. The standard InChI is InChI=1S/C22H22N4O3.C2H2O4/c23-15-7-9-20-18(12-15)19-13-16(8-10-21(19)25-20)24-22(27)6-2-4-14-3-1-5-17(11-14)26(28)29;3-1(4)2(5)6/h1-5,8,10-11,13,15,25H,6-7,9,12,23H2,(H,24,27);(H,3,4)(H,5,6)/b4-2+;. The highest BCUT2D eigenvalue weighted by Crippen LogP contribution is 2.30. The third-order valence-corrected chi connectivity index (χ3v) is 5.39. The topological polar surface area (TPSA) is 189 Å². The van der Waals surface area contributed by atoms with Gasteiger partial charge in [-0.25, -0.2) is 9.59 Å². The summed E-state index contributed by atoms with van der Waals surface area (Å²) in [5.74, 6) is -3.79. The molecule has 0 saturated heterocycles. The molecule has 0 aliphatic heterocycles. The highest BCUT2D eigenvalue weighted by molar-refractivity contribution is 6.27. The third-order valence-electron chi connectivity index (χ3n) is 5.39. The predicted molar refractivity (Wildman–Crippen MR) is 129 cm³/mol. The molecule has 1 amide bonds. The minimum absolute atomic E-state index is 0.0273. The molecule has 6 N–H and O–H groups in total. The Balaban J connectivity index is 0.000000509. The zero-order valence-electron chi connectivity index (χ0n) is 18.6. The van der Waals surface area contributed by atoms with Crippen LogP contribution in [-0.2, 0) is 27.2 Å². The van der Waals surface area contributed by atoms with E-state index in [9.17, 15) is 14.9 Å². The summed E-state index contributed by atoms with van der Waals surface area (Å²) in [4.78, 5) is 44.3. The van der Waals surface area contributed by atoms with Crippen molar-refractivity contribution in [3.63, 3.8) is 0 Å². The molecule has 1 unspecified atom stereocenters. The lowest BCUT2D eigenvalue weighted by Gasteiger charge is -2.18. The first-order valence-electron chi connectivity index (χ1n) is 10.7. The largest absolute Gasteiger partial charge is 0.473 e. The molecule has 0 radical (unpaired) electrons. The molecule has 3 aromatic rings. The number of H-pyrrole nitrogens is 1. The quantitative estimate of drug-likeness (QED) is 0.209. The number of carbonyl (C=O) groups excluding carboxylic acids is 1. The number of nitro benzene ring substituents is 1. The van der Waals surface area contributed by atoms with Crippen LogP contribution in [0.15, 0.2) is 48.5 Å². The Hall–Kier alpha value is -4.51. The van der Waals surface area contributed by atoms with Crippen LogP contribution in [0.5, 0.6) is 0 Å². The molecular weight excluding hydrogens is 456 g/mol. The molecule has 0 fully saturated rings. The van der Waals surface area contributed by atoms with Crippen molar-refractivity contribution in [3.05, 3.63) is 75.5 Å². The van der Waals surface area contributed by atoms with Gasteiger partial charge >= 0.3 is 11.9 Å². The van der Waals surface area contributed by atoms with Crippen molar-refractivity contribution in [2.24, 2.45) is 5.73 Å². The van der Waals surface area contributed by atoms with Crippen LogP contribution < -0.4 is 11.1 Å². The highest BCUT2D eigenvalue weighted by Gasteiger charge is 2.20. The zero-order valence-corrected chi connectivity index (χ0v) is 18.6. The van der Waals surface area contributed by atoms with Crippen LogP contribution in [0.2, 0.25) is 0 Å². The number of nitrogens with zero attached hydrogens (tertiary/aromatic N) is 1. The molecule has 2 aromatic carbocycles. The van der Waals surface area contributed by atoms with Crippen LogP contribution in [0, 0.1) is 10.1 Å². The molecule has 0 spiro atoms. The number of carbonyl (C=O) groups is 3. The highest BCUT2D eigenvalue weighted by atomic mass is 16.6. The van der Waals surface area contributed by atoms with Crippen molar-refractivity contribution in [1.82, 2.24) is 4.98 Å². The van der Waals surface area contributed by atoms with Crippen LogP contribution >= 0.6 is 0 Å². The number of amides is 1. The Bertz CT molecular complexity index is 1300. The number of hydrogen-bond acceptors (Lipinski definition) is 6. The fraction of sp³-hybridized carbons (Fsp3) is 0.208. The van der Waals surface area contributed by atoms with Gasteiger partial charge in [-0.15, -0.1) is 0 Å². The molecule has 35 heavy (non-hydrogen) atoms. The summed E-state index contributed by atoms with van der Waals surface area (Å²) in [5.41, 5.74) is 11.1. The Morgan fingerprint density at radius 1 is 1.17 bits per heavy atom. The number of fused-ring (bicyclic) bond motifs is 3. The van der Waals surface area contributed by atoms with Gasteiger partial charge in [0.2, 0.25) is 5.91 Å². The SMILES string of the molecule is NC1CCc2[nH]c3ccc(NC(=O)C/C=C/c4cccc([N+](=O)[O-])c4)cc3c2C1.O=C(O)C(=O)O. The van der Waals surface area contributed by atoms with E-state index in [1.54, 1.807) is 24.3 Å². The Morgan fingerprint density at radius 3 is 2.60 bits per heavy atom. The van der Waals surface area contributed by atoms with Gasteiger partial charge in [0, 0.05) is 46.9 Å². The second kappa shape index (κ2) is 11.1. The Labute approximate surface area is 199 Å². The molecule has 11 nitrogen and oxygen atoms in total. The maximum Gasteiger partial charge on any atom is 0.414 e. The van der Waals surface area contributed by atoms with Gasteiger partial charge in [0.05, 0.1) is 4.92 Å². The van der Waals surface area contributed by atoms with E-state index >= 15 is 0 Å². The average molecular weight is 480 g/mol. The smallest absolute Gasteiger partial charge is 0.414 e. The number of nitro groups is 1. The number of aromatic amines is 1. The van der Waals surface area contributed by atoms with Crippen LogP contribution in [-0.4, -0.2) is 44.0 Å². The van der Waals surface area contributed by atoms with E-state index in [0.717, 1.165) is 35.9 Å². The van der Waals surface area contributed by atoms with Gasteiger partial charge in [0.1, 0.15) is 0 Å². The van der Waals surface area contributed by atoms with Gasteiger partial charge in [0.15, 0.2) is 0 Å². The third kappa shape index (κ3) is 6.74. The summed E-state index contributed by atoms with van der Waals surface area (Å²) in [5, 5.41) is 29.6. The maximum absolute atomic E-state index is 12.3. The first-order chi connectivity index (χ1) is 16.6. The molecule has 0 bridgehead atoms. The van der Waals surface area contributed by atoms with Gasteiger partial charge in [0.25, 0.3) is 5.69 Å². The second-order valence-corrected chi connectivity index (χ2v) is 7.96. The van der Waals surface area contributed by atoms with Crippen molar-refractivity contribution in [2.45, 2.75) is 31.7 Å². The van der Waals surface area contributed by atoms with E-state index < -0.39 is 16.9 Å². The number of benzene rings is 2. The van der Waals surface area contributed by atoms with Crippen molar-refractivity contribution >= 4 is 46.2 Å². The predicted octanol–water partition coefficient (Wildman–Crippen LogP) is 3.09. The molecular formula is C24H24N4O7. The zero-order chi connectivity index (χ0) is 25.5.